The fourth-order valence-electron chi connectivity index (χ4n) is 2.99. The highest BCUT2D eigenvalue weighted by Crippen LogP contribution is 2.40. The lowest BCUT2D eigenvalue weighted by Crippen LogP contribution is -2.31. The molecule has 1 aromatic carbocycles. The molecule has 0 bridgehead atoms. The van der Waals surface area contributed by atoms with Gasteiger partial charge in [0.2, 0.25) is 0 Å². The van der Waals surface area contributed by atoms with E-state index in [0.717, 1.165) is 12.5 Å². The van der Waals surface area contributed by atoms with Gasteiger partial charge in [0.25, 0.3) is 0 Å². The Hall–Kier alpha value is -0.860. The van der Waals surface area contributed by atoms with Gasteiger partial charge in [0.15, 0.2) is 0 Å². The van der Waals surface area contributed by atoms with E-state index >= 15 is 0 Å². The van der Waals surface area contributed by atoms with E-state index < -0.39 is 0 Å². The van der Waals surface area contributed by atoms with Crippen molar-refractivity contribution in [1.29, 1.82) is 0 Å². The predicted octanol–water partition coefficient (Wildman–Crippen LogP) is 2.66. The minimum absolute atomic E-state index is 0.441. The highest BCUT2D eigenvalue weighted by molar-refractivity contribution is 5.31. The molecular weight excluding hydrogens is 208 g/mol. The molecule has 2 fully saturated rings. The van der Waals surface area contributed by atoms with Crippen LogP contribution >= 0.6 is 0 Å². The summed E-state index contributed by atoms with van der Waals surface area (Å²) in [5.74, 6) is 0.840. The van der Waals surface area contributed by atoms with E-state index in [2.05, 4.69) is 29.2 Å². The summed E-state index contributed by atoms with van der Waals surface area (Å²) in [7, 11) is 0. The normalized spacial score (nSPS) is 22.9. The second-order valence-corrected chi connectivity index (χ2v) is 5.44. The number of likely N-dealkylation sites (tertiary alicyclic amines) is 1. The van der Waals surface area contributed by atoms with Crippen molar-refractivity contribution in [1.82, 2.24) is 4.90 Å². The Morgan fingerprint density at radius 1 is 1.24 bits per heavy atom. The van der Waals surface area contributed by atoms with Crippen molar-refractivity contribution in [3.63, 3.8) is 0 Å². The topological polar surface area (TPSA) is 29.3 Å². The lowest BCUT2D eigenvalue weighted by molar-refractivity contribution is 0.251. The van der Waals surface area contributed by atoms with Gasteiger partial charge >= 0.3 is 0 Å². The van der Waals surface area contributed by atoms with Gasteiger partial charge in [0.1, 0.15) is 0 Å². The Kier molecular flexibility index (Phi) is 3.17. The number of hydrogen-bond acceptors (Lipinski definition) is 2. The van der Waals surface area contributed by atoms with E-state index in [1.54, 1.807) is 0 Å². The number of nitrogens with two attached hydrogens (primary N) is 1. The minimum atomic E-state index is 0.441. The molecule has 1 unspecified atom stereocenters. The first-order valence-corrected chi connectivity index (χ1v) is 6.92. The van der Waals surface area contributed by atoms with Gasteiger partial charge in [0, 0.05) is 12.6 Å². The molecule has 2 aliphatic rings. The van der Waals surface area contributed by atoms with E-state index in [1.807, 2.05) is 0 Å². The van der Waals surface area contributed by atoms with Crippen LogP contribution in [0.1, 0.15) is 48.8 Å². The molecule has 2 nitrogen and oxygen atoms in total. The summed E-state index contributed by atoms with van der Waals surface area (Å²) in [5, 5.41) is 0. The highest BCUT2D eigenvalue weighted by Gasteiger charge is 2.26. The van der Waals surface area contributed by atoms with Crippen LogP contribution in [0.5, 0.6) is 0 Å². The van der Waals surface area contributed by atoms with Crippen molar-refractivity contribution < 1.29 is 0 Å². The van der Waals surface area contributed by atoms with Crippen molar-refractivity contribution in [3.8, 4) is 0 Å². The fourth-order valence-corrected chi connectivity index (χ4v) is 2.99. The largest absolute Gasteiger partial charge is 0.329 e. The van der Waals surface area contributed by atoms with Crippen molar-refractivity contribution >= 4 is 0 Å². The first-order valence-electron chi connectivity index (χ1n) is 6.92. The third-order valence-electron chi connectivity index (χ3n) is 4.15. The molecule has 3 rings (SSSR count). The van der Waals surface area contributed by atoms with Crippen molar-refractivity contribution in [2.45, 2.75) is 37.6 Å². The molecular formula is C15H22N2. The number of hydrogen-bond donors (Lipinski definition) is 1. The molecule has 0 spiro atoms. The van der Waals surface area contributed by atoms with E-state index in [-0.39, 0.29) is 0 Å². The second kappa shape index (κ2) is 4.79. The van der Waals surface area contributed by atoms with Crippen molar-refractivity contribution in [2.75, 3.05) is 19.6 Å². The highest BCUT2D eigenvalue weighted by atomic mass is 15.2. The van der Waals surface area contributed by atoms with Crippen LogP contribution < -0.4 is 5.73 Å². The van der Waals surface area contributed by atoms with Crippen molar-refractivity contribution in [3.05, 3.63) is 35.4 Å². The van der Waals surface area contributed by atoms with Gasteiger partial charge < -0.3 is 5.73 Å². The summed E-state index contributed by atoms with van der Waals surface area (Å²) in [6.45, 7) is 3.18. The Balaban J connectivity index is 1.81. The van der Waals surface area contributed by atoms with Crippen LogP contribution in [-0.4, -0.2) is 24.5 Å². The molecule has 1 aliphatic carbocycles. The lowest BCUT2D eigenvalue weighted by Gasteiger charge is -2.27. The molecule has 0 aromatic heterocycles. The molecule has 0 amide bonds. The quantitative estimate of drug-likeness (QED) is 0.861. The van der Waals surface area contributed by atoms with E-state index in [0.29, 0.717) is 6.04 Å². The molecule has 2 heteroatoms. The Morgan fingerprint density at radius 3 is 2.65 bits per heavy atom. The summed E-state index contributed by atoms with van der Waals surface area (Å²) in [4.78, 5) is 2.55. The summed E-state index contributed by atoms with van der Waals surface area (Å²) in [6.07, 6.45) is 5.42. The maximum Gasteiger partial charge on any atom is 0.0470 e. The lowest BCUT2D eigenvalue weighted by atomic mass is 10.0. The molecule has 1 atom stereocenters. The molecule has 1 aromatic rings. The fraction of sp³-hybridized carbons (Fsp3) is 0.600. The van der Waals surface area contributed by atoms with E-state index in [4.69, 9.17) is 5.73 Å². The molecule has 1 saturated carbocycles. The zero-order chi connectivity index (χ0) is 11.7. The third-order valence-corrected chi connectivity index (χ3v) is 4.15. The standard InChI is InChI=1S/C15H22N2/c16-11-15(17-8-1-2-9-17)14-5-3-4-13(10-14)12-6-7-12/h3-5,10,12,15H,1-2,6-9,11,16H2. The maximum atomic E-state index is 5.98. The summed E-state index contributed by atoms with van der Waals surface area (Å²) >= 11 is 0. The van der Waals surface area contributed by atoms with Gasteiger partial charge in [-0.2, -0.15) is 0 Å². The van der Waals surface area contributed by atoms with Crippen molar-refractivity contribution in [2.24, 2.45) is 5.73 Å². The summed E-state index contributed by atoms with van der Waals surface area (Å²) in [6, 6.07) is 9.58. The third kappa shape index (κ3) is 2.38. The average Bonchev–Trinajstić information content (AvgIpc) is 3.09. The van der Waals surface area contributed by atoms with Gasteiger partial charge in [-0.05, 0) is 55.8 Å². The average molecular weight is 230 g/mol. The molecule has 17 heavy (non-hydrogen) atoms. The van der Waals surface area contributed by atoms with Gasteiger partial charge in [-0.1, -0.05) is 24.3 Å². The Labute approximate surface area is 104 Å². The van der Waals surface area contributed by atoms with Crippen LogP contribution in [0.4, 0.5) is 0 Å². The molecule has 0 radical (unpaired) electrons. The van der Waals surface area contributed by atoms with Crippen LogP contribution in [0.2, 0.25) is 0 Å². The number of nitrogens with zero attached hydrogens (tertiary/aromatic N) is 1. The van der Waals surface area contributed by atoms with Crippen LogP contribution in [0.25, 0.3) is 0 Å². The first-order chi connectivity index (χ1) is 8.38. The zero-order valence-electron chi connectivity index (χ0n) is 10.4. The number of rotatable bonds is 4. The van der Waals surface area contributed by atoms with E-state index in [1.165, 1.54) is 49.9 Å². The summed E-state index contributed by atoms with van der Waals surface area (Å²) < 4.78 is 0. The Morgan fingerprint density at radius 2 is 2.00 bits per heavy atom. The Bertz CT molecular complexity index is 378. The molecule has 2 N–H and O–H groups in total. The molecule has 92 valence electrons. The maximum absolute atomic E-state index is 5.98. The summed E-state index contributed by atoms with van der Waals surface area (Å²) in [5.41, 5.74) is 8.94. The molecule has 1 heterocycles. The molecule has 1 saturated heterocycles. The SMILES string of the molecule is NCC(c1cccc(C2CC2)c1)N1CCCC1. The van der Waals surface area contributed by atoms with Crippen LogP contribution in [0.15, 0.2) is 24.3 Å². The number of benzene rings is 1. The van der Waals surface area contributed by atoms with Gasteiger partial charge in [-0.3, -0.25) is 4.90 Å². The second-order valence-electron chi connectivity index (χ2n) is 5.44. The zero-order valence-corrected chi connectivity index (χ0v) is 10.4. The van der Waals surface area contributed by atoms with Gasteiger partial charge in [-0.15, -0.1) is 0 Å². The monoisotopic (exact) mass is 230 g/mol. The van der Waals surface area contributed by atoms with Crippen LogP contribution in [0.3, 0.4) is 0 Å². The smallest absolute Gasteiger partial charge is 0.0470 e. The minimum Gasteiger partial charge on any atom is -0.329 e. The van der Waals surface area contributed by atoms with Gasteiger partial charge in [0.05, 0.1) is 0 Å². The van der Waals surface area contributed by atoms with E-state index in [9.17, 15) is 0 Å². The predicted molar refractivity (Wildman–Crippen MR) is 71.0 cm³/mol. The first kappa shape index (κ1) is 11.2. The molecule has 1 aliphatic heterocycles. The van der Waals surface area contributed by atoms with Gasteiger partial charge in [-0.25, -0.2) is 0 Å². The van der Waals surface area contributed by atoms with Crippen LogP contribution in [0, 0.1) is 0 Å². The van der Waals surface area contributed by atoms with Crippen LogP contribution in [-0.2, 0) is 0 Å².